The van der Waals surface area contributed by atoms with E-state index in [0.29, 0.717) is 13.1 Å². The fourth-order valence-corrected chi connectivity index (χ4v) is 3.66. The van der Waals surface area contributed by atoms with Crippen LogP contribution in [0.5, 0.6) is 0 Å². The first-order chi connectivity index (χ1) is 9.81. The summed E-state index contributed by atoms with van der Waals surface area (Å²) in [5, 5.41) is 2.86. The van der Waals surface area contributed by atoms with Gasteiger partial charge in [0.2, 0.25) is 10.0 Å². The number of carbonyl (C=O) groups excluding carboxylic acids is 1. The molecule has 1 amide bonds. The molecule has 1 N–H and O–H groups in total. The molecule has 2 rings (SSSR count). The van der Waals surface area contributed by atoms with Crippen LogP contribution < -0.4 is 5.32 Å². The highest BCUT2D eigenvalue weighted by atomic mass is 32.2. The largest absolute Gasteiger partial charge is 0.363 e. The molecule has 21 heavy (non-hydrogen) atoms. The molecular weight excluding hydrogens is 294 g/mol. The van der Waals surface area contributed by atoms with Gasteiger partial charge in [-0.3, -0.25) is 4.79 Å². The fraction of sp³-hybridized carbons (Fsp3) is 0.923. The molecule has 2 aliphatic rings. The van der Waals surface area contributed by atoms with Crippen LogP contribution in [0, 0.1) is 0 Å². The van der Waals surface area contributed by atoms with Crippen LogP contribution in [-0.2, 0) is 19.6 Å². The summed E-state index contributed by atoms with van der Waals surface area (Å²) in [6.07, 6.45) is 3.60. The predicted molar refractivity (Wildman–Crippen MR) is 79.5 cm³/mol. The molecule has 2 fully saturated rings. The Kier molecular flexibility index (Phi) is 5.24. The highest BCUT2D eigenvalue weighted by Gasteiger charge is 2.41. The van der Waals surface area contributed by atoms with Crippen molar-refractivity contribution in [1.82, 2.24) is 14.5 Å². The van der Waals surface area contributed by atoms with Crippen molar-refractivity contribution in [2.75, 3.05) is 52.1 Å². The lowest BCUT2D eigenvalue weighted by Gasteiger charge is -2.38. The molecule has 0 spiro atoms. The summed E-state index contributed by atoms with van der Waals surface area (Å²) in [6.45, 7) is 5.83. The van der Waals surface area contributed by atoms with E-state index < -0.39 is 15.6 Å². The maximum absolute atomic E-state index is 12.3. The number of morpholine rings is 1. The van der Waals surface area contributed by atoms with Crippen LogP contribution in [0.4, 0.5) is 0 Å². The third kappa shape index (κ3) is 4.38. The summed E-state index contributed by atoms with van der Waals surface area (Å²) < 4.78 is 30.1. The van der Waals surface area contributed by atoms with E-state index in [9.17, 15) is 13.2 Å². The average Bonchev–Trinajstić information content (AvgIpc) is 2.91. The number of hydrogen-bond acceptors (Lipinski definition) is 5. The van der Waals surface area contributed by atoms with E-state index in [2.05, 4.69) is 10.2 Å². The average molecular weight is 319 g/mol. The minimum absolute atomic E-state index is 0.0708. The molecule has 122 valence electrons. The lowest BCUT2D eigenvalue weighted by atomic mass is 10.0. The molecule has 0 aliphatic carbocycles. The van der Waals surface area contributed by atoms with Gasteiger partial charge in [0.15, 0.2) is 5.60 Å². The van der Waals surface area contributed by atoms with E-state index in [1.54, 1.807) is 6.92 Å². The van der Waals surface area contributed by atoms with Crippen molar-refractivity contribution in [3.63, 3.8) is 0 Å². The summed E-state index contributed by atoms with van der Waals surface area (Å²) in [7, 11) is -3.30. The van der Waals surface area contributed by atoms with Crippen molar-refractivity contribution >= 4 is 15.9 Å². The van der Waals surface area contributed by atoms with Gasteiger partial charge >= 0.3 is 0 Å². The molecule has 0 aromatic heterocycles. The topological polar surface area (TPSA) is 79.0 Å². The van der Waals surface area contributed by atoms with Crippen molar-refractivity contribution in [1.29, 1.82) is 0 Å². The van der Waals surface area contributed by atoms with Gasteiger partial charge < -0.3 is 15.0 Å². The molecule has 1 atom stereocenters. The second-order valence-electron chi connectivity index (χ2n) is 5.98. The maximum Gasteiger partial charge on any atom is 0.253 e. The Balaban J connectivity index is 1.84. The van der Waals surface area contributed by atoms with Crippen LogP contribution >= 0.6 is 0 Å². The second-order valence-corrected chi connectivity index (χ2v) is 7.96. The number of nitrogens with one attached hydrogen (secondary N) is 1. The van der Waals surface area contributed by atoms with Gasteiger partial charge in [-0.2, -0.15) is 4.31 Å². The Hall–Kier alpha value is -0.700. The van der Waals surface area contributed by atoms with Gasteiger partial charge in [-0.25, -0.2) is 8.42 Å². The summed E-state index contributed by atoms with van der Waals surface area (Å²) in [4.78, 5) is 14.6. The molecule has 2 aliphatic heterocycles. The van der Waals surface area contributed by atoms with Crippen LogP contribution in [0.2, 0.25) is 0 Å². The van der Waals surface area contributed by atoms with Gasteiger partial charge in [0.05, 0.1) is 19.4 Å². The van der Waals surface area contributed by atoms with Gasteiger partial charge in [-0.05, 0) is 32.9 Å². The van der Waals surface area contributed by atoms with Crippen molar-refractivity contribution in [3.05, 3.63) is 0 Å². The van der Waals surface area contributed by atoms with Crippen molar-refractivity contribution < 1.29 is 17.9 Å². The van der Waals surface area contributed by atoms with Gasteiger partial charge in [0, 0.05) is 19.6 Å². The standard InChI is InChI=1S/C13H25N3O4S/c1-13(11-16(9-10-20-13)21(2,18)19)12(17)14-5-8-15-6-3-4-7-15/h3-11H2,1-2H3,(H,14,17). The van der Waals surface area contributed by atoms with Crippen LogP contribution in [0.25, 0.3) is 0 Å². The number of hydrogen-bond donors (Lipinski definition) is 1. The summed E-state index contributed by atoms with van der Waals surface area (Å²) in [5.41, 5.74) is -1.10. The molecule has 2 saturated heterocycles. The van der Waals surface area contributed by atoms with E-state index in [1.165, 1.54) is 17.1 Å². The van der Waals surface area contributed by atoms with Crippen molar-refractivity contribution in [2.45, 2.75) is 25.4 Å². The molecule has 0 aromatic carbocycles. The number of likely N-dealkylation sites (tertiary alicyclic amines) is 1. The van der Waals surface area contributed by atoms with E-state index in [1.807, 2.05) is 0 Å². The lowest BCUT2D eigenvalue weighted by molar-refractivity contribution is -0.152. The summed E-state index contributed by atoms with van der Waals surface area (Å²) in [6, 6.07) is 0. The van der Waals surface area contributed by atoms with E-state index >= 15 is 0 Å². The van der Waals surface area contributed by atoms with Crippen LogP contribution in [0.3, 0.4) is 0 Å². The first kappa shape index (κ1) is 16.7. The Labute approximate surface area is 126 Å². The Morgan fingerprint density at radius 1 is 1.29 bits per heavy atom. The minimum Gasteiger partial charge on any atom is -0.363 e. The third-order valence-corrected chi connectivity index (χ3v) is 5.35. The molecular formula is C13H25N3O4S. The molecule has 0 bridgehead atoms. The molecule has 0 aromatic rings. The van der Waals surface area contributed by atoms with E-state index in [-0.39, 0.29) is 19.1 Å². The van der Waals surface area contributed by atoms with Gasteiger partial charge in [-0.1, -0.05) is 0 Å². The quantitative estimate of drug-likeness (QED) is 0.721. The predicted octanol–water partition coefficient (Wildman–Crippen LogP) is -0.751. The smallest absolute Gasteiger partial charge is 0.253 e. The Morgan fingerprint density at radius 3 is 2.57 bits per heavy atom. The second kappa shape index (κ2) is 6.60. The Bertz CT molecular complexity index is 476. The SMILES string of the molecule is CC1(C(=O)NCCN2CCCC2)CN(S(C)(=O)=O)CCO1. The fourth-order valence-electron chi connectivity index (χ4n) is 2.78. The maximum atomic E-state index is 12.3. The normalized spacial score (nSPS) is 28.7. The van der Waals surface area contributed by atoms with Gasteiger partial charge in [0.1, 0.15) is 0 Å². The molecule has 8 heteroatoms. The number of ether oxygens (including phenoxy) is 1. The minimum atomic E-state index is -3.30. The first-order valence-electron chi connectivity index (χ1n) is 7.41. The molecule has 2 heterocycles. The van der Waals surface area contributed by atoms with Crippen LogP contribution in [-0.4, -0.2) is 81.3 Å². The lowest BCUT2D eigenvalue weighted by Crippen LogP contribution is -2.59. The van der Waals surface area contributed by atoms with Crippen LogP contribution in [0.15, 0.2) is 0 Å². The third-order valence-electron chi connectivity index (χ3n) is 4.10. The zero-order valence-corrected chi connectivity index (χ0v) is 13.6. The molecule has 0 radical (unpaired) electrons. The molecule has 0 saturated carbocycles. The number of carbonyl (C=O) groups is 1. The number of rotatable bonds is 5. The number of sulfonamides is 1. The van der Waals surface area contributed by atoms with Gasteiger partial charge in [-0.15, -0.1) is 0 Å². The summed E-state index contributed by atoms with van der Waals surface area (Å²) in [5.74, 6) is -0.241. The van der Waals surface area contributed by atoms with Gasteiger partial charge in [0.25, 0.3) is 5.91 Å². The molecule has 1 unspecified atom stereocenters. The number of nitrogens with zero attached hydrogens (tertiary/aromatic N) is 2. The monoisotopic (exact) mass is 319 g/mol. The highest BCUT2D eigenvalue weighted by Crippen LogP contribution is 2.19. The zero-order valence-electron chi connectivity index (χ0n) is 12.8. The Morgan fingerprint density at radius 2 is 1.95 bits per heavy atom. The van der Waals surface area contributed by atoms with Crippen LogP contribution in [0.1, 0.15) is 19.8 Å². The van der Waals surface area contributed by atoms with E-state index in [4.69, 9.17) is 4.74 Å². The first-order valence-corrected chi connectivity index (χ1v) is 9.26. The molecule has 7 nitrogen and oxygen atoms in total. The number of amides is 1. The van der Waals surface area contributed by atoms with Crippen molar-refractivity contribution in [3.8, 4) is 0 Å². The van der Waals surface area contributed by atoms with Crippen molar-refractivity contribution in [2.24, 2.45) is 0 Å². The summed E-state index contributed by atoms with van der Waals surface area (Å²) >= 11 is 0. The zero-order chi connectivity index (χ0) is 15.5. The highest BCUT2D eigenvalue weighted by molar-refractivity contribution is 7.88. The van der Waals surface area contributed by atoms with E-state index in [0.717, 1.165) is 25.9 Å².